The molecule has 41 heavy (non-hydrogen) atoms. The molecule has 10 atom stereocenters. The van der Waals surface area contributed by atoms with Crippen LogP contribution in [0.15, 0.2) is 45.6 Å². The van der Waals surface area contributed by atoms with E-state index in [1.807, 2.05) is 0 Å². The number of ether oxygens (including phenoxy) is 4. The molecule has 3 heterocycles. The third-order valence-corrected chi connectivity index (χ3v) is 6.99. The first-order chi connectivity index (χ1) is 19.4. The van der Waals surface area contributed by atoms with Crippen molar-refractivity contribution in [3.63, 3.8) is 0 Å². The van der Waals surface area contributed by atoms with Gasteiger partial charge in [-0.1, -0.05) is 0 Å². The van der Waals surface area contributed by atoms with Crippen molar-refractivity contribution in [2.75, 3.05) is 0 Å². The molecule has 2 aromatic carbocycles. The summed E-state index contributed by atoms with van der Waals surface area (Å²) in [7, 11) is 0. The standard InChI is InChI=1S/C27H30O14/c1-9(28)22-18(33)20(35)26(39-22)37-13-7-14(31)16-15(8-13)38-24(11-3-5-12(30)6-4-11)25(17(16)32)41-27-21(36)19(34)23(40-27)10(2)29/h3-10,18-23,26-31,33-36H,1-2H3. The quantitative estimate of drug-likeness (QED) is 0.173. The summed E-state index contributed by atoms with van der Waals surface area (Å²) in [6.45, 7) is 2.71. The van der Waals surface area contributed by atoms with Gasteiger partial charge >= 0.3 is 0 Å². The van der Waals surface area contributed by atoms with Gasteiger partial charge in [-0.3, -0.25) is 4.79 Å². The fourth-order valence-electron chi connectivity index (χ4n) is 4.82. The molecule has 222 valence electrons. The molecular formula is C27H30O14. The van der Waals surface area contributed by atoms with Crippen LogP contribution in [0.25, 0.3) is 22.3 Å². The lowest BCUT2D eigenvalue weighted by Gasteiger charge is -2.20. The zero-order valence-corrected chi connectivity index (χ0v) is 21.8. The maximum absolute atomic E-state index is 13.7. The number of fused-ring (bicyclic) bond motifs is 1. The van der Waals surface area contributed by atoms with E-state index in [1.54, 1.807) is 0 Å². The van der Waals surface area contributed by atoms with E-state index in [4.69, 9.17) is 23.4 Å². The molecule has 0 spiro atoms. The molecule has 0 saturated carbocycles. The van der Waals surface area contributed by atoms with Crippen molar-refractivity contribution in [2.24, 2.45) is 0 Å². The second-order valence-electron chi connectivity index (χ2n) is 10.1. The highest BCUT2D eigenvalue weighted by Gasteiger charge is 2.48. The molecule has 14 heteroatoms. The van der Waals surface area contributed by atoms with Crippen LogP contribution in [0.2, 0.25) is 0 Å². The molecular weight excluding hydrogens is 548 g/mol. The number of aliphatic hydroxyl groups is 6. The molecule has 0 bridgehead atoms. The third-order valence-electron chi connectivity index (χ3n) is 6.99. The molecule has 2 aliphatic rings. The van der Waals surface area contributed by atoms with Gasteiger partial charge in [0.1, 0.15) is 64.8 Å². The minimum atomic E-state index is -1.65. The number of phenolic OH excluding ortho intramolecular Hbond substituents is 2. The van der Waals surface area contributed by atoms with E-state index in [1.165, 1.54) is 44.2 Å². The molecule has 1 aromatic heterocycles. The fourth-order valence-corrected chi connectivity index (χ4v) is 4.82. The van der Waals surface area contributed by atoms with Crippen molar-refractivity contribution in [3.05, 3.63) is 46.6 Å². The Morgan fingerprint density at radius 1 is 0.780 bits per heavy atom. The molecule has 2 saturated heterocycles. The number of benzene rings is 2. The Balaban J connectivity index is 1.57. The Labute approximate surface area is 231 Å². The minimum Gasteiger partial charge on any atom is -0.508 e. The number of hydrogen-bond donors (Lipinski definition) is 8. The van der Waals surface area contributed by atoms with E-state index in [-0.39, 0.29) is 33.8 Å². The van der Waals surface area contributed by atoms with Crippen LogP contribution >= 0.6 is 0 Å². The van der Waals surface area contributed by atoms with Crippen molar-refractivity contribution in [1.29, 1.82) is 0 Å². The second kappa shape index (κ2) is 11.1. The summed E-state index contributed by atoms with van der Waals surface area (Å²) >= 11 is 0. The van der Waals surface area contributed by atoms with Gasteiger partial charge in [-0.2, -0.15) is 0 Å². The van der Waals surface area contributed by atoms with E-state index in [0.717, 1.165) is 6.07 Å². The van der Waals surface area contributed by atoms with Crippen LogP contribution in [0.5, 0.6) is 23.0 Å². The van der Waals surface area contributed by atoms with Crippen LogP contribution in [0, 0.1) is 0 Å². The molecule has 8 N–H and O–H groups in total. The van der Waals surface area contributed by atoms with E-state index >= 15 is 0 Å². The van der Waals surface area contributed by atoms with Gasteiger partial charge in [-0.25, -0.2) is 0 Å². The fraction of sp³-hybridized carbons (Fsp3) is 0.444. The van der Waals surface area contributed by atoms with Gasteiger partial charge in [0.25, 0.3) is 0 Å². The Morgan fingerprint density at radius 2 is 1.32 bits per heavy atom. The Hall–Kier alpha value is -3.47. The van der Waals surface area contributed by atoms with Crippen LogP contribution < -0.4 is 14.9 Å². The number of aliphatic hydroxyl groups excluding tert-OH is 6. The van der Waals surface area contributed by atoms with Crippen LogP contribution in [0.3, 0.4) is 0 Å². The lowest BCUT2D eigenvalue weighted by molar-refractivity contribution is -0.129. The lowest BCUT2D eigenvalue weighted by atomic mass is 10.1. The van der Waals surface area contributed by atoms with Gasteiger partial charge in [0, 0.05) is 17.7 Å². The zero-order chi connectivity index (χ0) is 29.7. The first-order valence-corrected chi connectivity index (χ1v) is 12.7. The summed E-state index contributed by atoms with van der Waals surface area (Å²) in [6, 6.07) is 7.71. The first-order valence-electron chi connectivity index (χ1n) is 12.7. The van der Waals surface area contributed by atoms with Crippen molar-refractivity contribution in [1.82, 2.24) is 0 Å². The highest BCUT2D eigenvalue weighted by Crippen LogP contribution is 2.39. The normalized spacial score (nSPS) is 31.3. The molecule has 3 aromatic rings. The SMILES string of the molecule is CC(O)C1OC(Oc2cc(O)c3c(=O)c(OC4OC(C(C)O)C(O)C4O)c(-c4ccc(O)cc4)oc3c2)C(O)C1O. The molecule has 0 amide bonds. The summed E-state index contributed by atoms with van der Waals surface area (Å²) in [6.07, 6.45) is -13.9. The highest BCUT2D eigenvalue weighted by atomic mass is 16.7. The molecule has 5 rings (SSSR count). The molecule has 0 aliphatic carbocycles. The van der Waals surface area contributed by atoms with Gasteiger partial charge in [-0.15, -0.1) is 0 Å². The van der Waals surface area contributed by atoms with Crippen molar-refractivity contribution < 1.29 is 64.2 Å². The summed E-state index contributed by atoms with van der Waals surface area (Å²) < 4.78 is 28.1. The van der Waals surface area contributed by atoms with Gasteiger partial charge in [0.05, 0.1) is 12.2 Å². The summed E-state index contributed by atoms with van der Waals surface area (Å²) in [5.74, 6) is -1.54. The first kappa shape index (κ1) is 29.0. The van der Waals surface area contributed by atoms with E-state index in [0.29, 0.717) is 0 Å². The number of hydrogen-bond acceptors (Lipinski definition) is 14. The van der Waals surface area contributed by atoms with Crippen molar-refractivity contribution in [2.45, 2.75) is 75.3 Å². The van der Waals surface area contributed by atoms with Gasteiger partial charge in [0.15, 0.2) is 5.76 Å². The van der Waals surface area contributed by atoms with Crippen molar-refractivity contribution >= 4 is 11.0 Å². The molecule has 0 radical (unpaired) electrons. The van der Waals surface area contributed by atoms with Crippen LogP contribution in [-0.2, 0) is 9.47 Å². The summed E-state index contributed by atoms with van der Waals surface area (Å²) in [5, 5.41) is 80.9. The summed E-state index contributed by atoms with van der Waals surface area (Å²) in [5.41, 5.74) is -0.860. The predicted molar refractivity (Wildman–Crippen MR) is 137 cm³/mol. The maximum Gasteiger partial charge on any atom is 0.239 e. The smallest absolute Gasteiger partial charge is 0.239 e. The van der Waals surface area contributed by atoms with Crippen molar-refractivity contribution in [3.8, 4) is 34.3 Å². The maximum atomic E-state index is 13.7. The third kappa shape index (κ3) is 5.31. The number of aromatic hydroxyl groups is 2. The predicted octanol–water partition coefficient (Wildman–Crippen LogP) is -0.716. The lowest BCUT2D eigenvalue weighted by Crippen LogP contribution is -2.38. The van der Waals surface area contributed by atoms with Gasteiger partial charge < -0.3 is 64.2 Å². The zero-order valence-electron chi connectivity index (χ0n) is 21.8. The molecule has 2 aliphatic heterocycles. The summed E-state index contributed by atoms with van der Waals surface area (Å²) in [4.78, 5) is 13.7. The average molecular weight is 579 g/mol. The Morgan fingerprint density at radius 3 is 1.83 bits per heavy atom. The van der Waals surface area contributed by atoms with E-state index < -0.39 is 78.3 Å². The monoisotopic (exact) mass is 578 g/mol. The number of phenols is 2. The highest BCUT2D eigenvalue weighted by molar-refractivity contribution is 5.88. The molecule has 2 fully saturated rings. The van der Waals surface area contributed by atoms with E-state index in [2.05, 4.69) is 0 Å². The minimum absolute atomic E-state index is 0.0852. The number of rotatable bonds is 7. The topological polar surface area (TPSA) is 229 Å². The largest absolute Gasteiger partial charge is 0.508 e. The van der Waals surface area contributed by atoms with Gasteiger partial charge in [0.2, 0.25) is 23.8 Å². The van der Waals surface area contributed by atoms with Crippen LogP contribution in [0.1, 0.15) is 13.8 Å². The van der Waals surface area contributed by atoms with Crippen LogP contribution in [-0.4, -0.2) is 102 Å². The Kier molecular flexibility index (Phi) is 7.84. The van der Waals surface area contributed by atoms with E-state index in [9.17, 15) is 45.6 Å². The van der Waals surface area contributed by atoms with Gasteiger partial charge in [-0.05, 0) is 38.1 Å². The average Bonchev–Trinajstić information content (AvgIpc) is 3.36. The van der Waals surface area contributed by atoms with Crippen LogP contribution in [0.4, 0.5) is 0 Å². The molecule has 10 unspecified atom stereocenters. The molecule has 14 nitrogen and oxygen atoms in total. The Bertz CT molecular complexity index is 1450. The second-order valence-corrected chi connectivity index (χ2v) is 10.1.